The van der Waals surface area contributed by atoms with E-state index < -0.39 is 11.6 Å². The second kappa shape index (κ2) is 8.34. The molecule has 5 heteroatoms. The minimum absolute atomic E-state index is 0.142. The first kappa shape index (κ1) is 17.8. The van der Waals surface area contributed by atoms with Crippen molar-refractivity contribution in [3.8, 4) is 0 Å². The molecule has 0 spiro atoms. The molecule has 0 bridgehead atoms. The fourth-order valence-electron chi connectivity index (χ4n) is 2.42. The number of halogens is 2. The third kappa shape index (κ3) is 4.25. The number of fused-ring (bicyclic) bond motifs is 1. The first-order valence-corrected chi connectivity index (χ1v) is 7.91. The van der Waals surface area contributed by atoms with E-state index in [1.807, 2.05) is 0 Å². The van der Waals surface area contributed by atoms with Crippen LogP contribution in [0.25, 0.3) is 0 Å². The lowest BCUT2D eigenvalue weighted by atomic mass is 10.1. The van der Waals surface area contributed by atoms with Crippen molar-refractivity contribution in [1.29, 1.82) is 0 Å². The lowest BCUT2D eigenvalue weighted by molar-refractivity contribution is 0.0651. The molecule has 0 saturated carbocycles. The summed E-state index contributed by atoms with van der Waals surface area (Å²) in [5, 5.41) is 0. The molecule has 0 saturated heterocycles. The van der Waals surface area contributed by atoms with Gasteiger partial charge in [-0.2, -0.15) is 0 Å². The first-order chi connectivity index (χ1) is 11.5. The zero-order valence-electron chi connectivity index (χ0n) is 13.5. The fourth-order valence-corrected chi connectivity index (χ4v) is 2.42. The standard InChI is InChI=1S/C13H15NO2.C6H4F2/c1-2-3-6-9-14-12(15)10-7-4-5-8-11(10)13(14)16;7-5-2-1-3-6(8)4-5/h4-5,7-8H,2-3,6,9H2,1H3;1-4H. The van der Waals surface area contributed by atoms with Gasteiger partial charge in [0.1, 0.15) is 11.6 Å². The highest BCUT2D eigenvalue weighted by Gasteiger charge is 2.34. The van der Waals surface area contributed by atoms with Gasteiger partial charge in [-0.3, -0.25) is 14.5 Å². The number of hydrogen-bond acceptors (Lipinski definition) is 2. The summed E-state index contributed by atoms with van der Waals surface area (Å²) in [4.78, 5) is 25.2. The van der Waals surface area contributed by atoms with Gasteiger partial charge < -0.3 is 0 Å². The highest BCUT2D eigenvalue weighted by Crippen LogP contribution is 2.22. The summed E-state index contributed by atoms with van der Waals surface area (Å²) in [6.45, 7) is 2.64. The van der Waals surface area contributed by atoms with Crippen molar-refractivity contribution in [1.82, 2.24) is 4.90 Å². The third-order valence-electron chi connectivity index (χ3n) is 3.65. The smallest absolute Gasteiger partial charge is 0.261 e. The summed E-state index contributed by atoms with van der Waals surface area (Å²) in [5.74, 6) is -1.36. The topological polar surface area (TPSA) is 37.4 Å². The van der Waals surface area contributed by atoms with E-state index in [2.05, 4.69) is 6.92 Å². The molecule has 0 radical (unpaired) electrons. The summed E-state index contributed by atoms with van der Waals surface area (Å²) < 4.78 is 23.9. The number of imide groups is 1. The van der Waals surface area contributed by atoms with Crippen LogP contribution in [0.1, 0.15) is 46.9 Å². The predicted molar refractivity (Wildman–Crippen MR) is 87.7 cm³/mol. The highest BCUT2D eigenvalue weighted by atomic mass is 19.1. The Bertz CT molecular complexity index is 679. The Balaban J connectivity index is 0.000000219. The largest absolute Gasteiger partial charge is 0.274 e. The monoisotopic (exact) mass is 331 g/mol. The van der Waals surface area contributed by atoms with Crippen molar-refractivity contribution in [2.75, 3.05) is 6.54 Å². The Labute approximate surface area is 139 Å². The van der Waals surface area contributed by atoms with Gasteiger partial charge in [-0.25, -0.2) is 8.78 Å². The molecule has 0 unspecified atom stereocenters. The second-order valence-corrected chi connectivity index (χ2v) is 5.45. The van der Waals surface area contributed by atoms with Gasteiger partial charge in [0.2, 0.25) is 0 Å². The van der Waals surface area contributed by atoms with E-state index in [1.165, 1.54) is 23.1 Å². The van der Waals surface area contributed by atoms with Gasteiger partial charge in [-0.05, 0) is 30.7 Å². The van der Waals surface area contributed by atoms with Gasteiger partial charge in [-0.1, -0.05) is 38.0 Å². The molecular formula is C19H19F2NO2. The number of nitrogens with zero attached hydrogens (tertiary/aromatic N) is 1. The molecule has 3 nitrogen and oxygen atoms in total. The zero-order valence-corrected chi connectivity index (χ0v) is 13.5. The lowest BCUT2D eigenvalue weighted by Gasteiger charge is -2.12. The van der Waals surface area contributed by atoms with Crippen LogP contribution in [0.4, 0.5) is 8.78 Å². The number of amides is 2. The van der Waals surface area contributed by atoms with Crippen LogP contribution in [-0.4, -0.2) is 23.3 Å². The molecule has 0 atom stereocenters. The molecule has 0 N–H and O–H groups in total. The molecule has 1 aliphatic rings. The summed E-state index contributed by atoms with van der Waals surface area (Å²) in [6.07, 6.45) is 3.03. The van der Waals surface area contributed by atoms with Gasteiger partial charge >= 0.3 is 0 Å². The van der Waals surface area contributed by atoms with E-state index in [1.54, 1.807) is 24.3 Å². The minimum atomic E-state index is -0.537. The maximum absolute atomic E-state index is 11.9. The average Bonchev–Trinajstić information content (AvgIpc) is 2.81. The minimum Gasteiger partial charge on any atom is -0.274 e. The van der Waals surface area contributed by atoms with E-state index in [-0.39, 0.29) is 11.8 Å². The van der Waals surface area contributed by atoms with E-state index in [0.717, 1.165) is 25.3 Å². The highest BCUT2D eigenvalue weighted by molar-refractivity contribution is 6.21. The maximum atomic E-state index is 11.9. The van der Waals surface area contributed by atoms with Crippen LogP contribution >= 0.6 is 0 Å². The third-order valence-corrected chi connectivity index (χ3v) is 3.65. The van der Waals surface area contributed by atoms with E-state index in [9.17, 15) is 18.4 Å². The van der Waals surface area contributed by atoms with Crippen LogP contribution in [0, 0.1) is 11.6 Å². The van der Waals surface area contributed by atoms with Crippen LogP contribution in [-0.2, 0) is 0 Å². The number of carbonyl (C=O) groups excluding carboxylic acids is 2. The molecule has 126 valence electrons. The molecule has 24 heavy (non-hydrogen) atoms. The summed E-state index contributed by atoms with van der Waals surface area (Å²) in [5.41, 5.74) is 1.09. The number of benzene rings is 2. The van der Waals surface area contributed by atoms with Gasteiger partial charge in [0, 0.05) is 12.6 Å². The Morgan fingerprint density at radius 1 is 0.833 bits per heavy atom. The Kier molecular flexibility index (Phi) is 6.18. The number of rotatable bonds is 4. The van der Waals surface area contributed by atoms with E-state index >= 15 is 0 Å². The molecule has 2 amide bonds. The summed E-state index contributed by atoms with van der Waals surface area (Å²) >= 11 is 0. The lowest BCUT2D eigenvalue weighted by Crippen LogP contribution is -2.30. The zero-order chi connectivity index (χ0) is 17.5. The Morgan fingerprint density at radius 2 is 1.38 bits per heavy atom. The molecule has 2 aromatic rings. The fraction of sp³-hybridized carbons (Fsp3) is 0.263. The van der Waals surface area contributed by atoms with Gasteiger partial charge in [0.05, 0.1) is 11.1 Å². The van der Waals surface area contributed by atoms with Crippen molar-refractivity contribution < 1.29 is 18.4 Å². The van der Waals surface area contributed by atoms with Crippen LogP contribution in [0.2, 0.25) is 0 Å². The number of unbranched alkanes of at least 4 members (excludes halogenated alkanes) is 2. The van der Waals surface area contributed by atoms with E-state index in [4.69, 9.17) is 0 Å². The Morgan fingerprint density at radius 3 is 1.79 bits per heavy atom. The van der Waals surface area contributed by atoms with Crippen LogP contribution < -0.4 is 0 Å². The van der Waals surface area contributed by atoms with Crippen LogP contribution in [0.5, 0.6) is 0 Å². The van der Waals surface area contributed by atoms with Crippen molar-refractivity contribution in [2.45, 2.75) is 26.2 Å². The second-order valence-electron chi connectivity index (χ2n) is 5.45. The van der Waals surface area contributed by atoms with Crippen molar-refractivity contribution in [3.63, 3.8) is 0 Å². The van der Waals surface area contributed by atoms with Crippen LogP contribution in [0.3, 0.4) is 0 Å². The number of carbonyl (C=O) groups is 2. The molecule has 1 aliphatic heterocycles. The average molecular weight is 331 g/mol. The van der Waals surface area contributed by atoms with Gasteiger partial charge in [-0.15, -0.1) is 0 Å². The van der Waals surface area contributed by atoms with Crippen LogP contribution in [0.15, 0.2) is 48.5 Å². The van der Waals surface area contributed by atoms with E-state index in [0.29, 0.717) is 17.7 Å². The number of hydrogen-bond donors (Lipinski definition) is 0. The molecule has 0 aromatic heterocycles. The first-order valence-electron chi connectivity index (χ1n) is 7.91. The normalized spacial score (nSPS) is 12.7. The molecule has 1 heterocycles. The molecular weight excluding hydrogens is 312 g/mol. The van der Waals surface area contributed by atoms with Gasteiger partial charge in [0.25, 0.3) is 11.8 Å². The maximum Gasteiger partial charge on any atom is 0.261 e. The summed E-state index contributed by atoms with van der Waals surface area (Å²) in [6, 6.07) is 11.6. The predicted octanol–water partition coefficient (Wildman–Crippen LogP) is 4.44. The molecule has 0 aliphatic carbocycles. The molecule has 3 rings (SSSR count). The Hall–Kier alpha value is -2.56. The van der Waals surface area contributed by atoms with Gasteiger partial charge in [0.15, 0.2) is 0 Å². The van der Waals surface area contributed by atoms with Crippen molar-refractivity contribution in [3.05, 3.63) is 71.3 Å². The summed E-state index contributed by atoms with van der Waals surface area (Å²) in [7, 11) is 0. The molecule has 0 fully saturated rings. The molecule has 2 aromatic carbocycles. The quantitative estimate of drug-likeness (QED) is 0.613. The van der Waals surface area contributed by atoms with Crippen molar-refractivity contribution in [2.24, 2.45) is 0 Å². The SMILES string of the molecule is CCCCCN1C(=O)c2ccccc2C1=O.Fc1cccc(F)c1. The van der Waals surface area contributed by atoms with Crippen molar-refractivity contribution >= 4 is 11.8 Å².